The van der Waals surface area contributed by atoms with Crippen LogP contribution in [0.2, 0.25) is 5.02 Å². The second-order valence-electron chi connectivity index (χ2n) is 8.11. The van der Waals surface area contributed by atoms with Crippen LogP contribution in [0.1, 0.15) is 22.3 Å². The molecule has 0 atom stereocenters. The second kappa shape index (κ2) is 11.9. The Hall–Kier alpha value is -4.28. The van der Waals surface area contributed by atoms with E-state index in [9.17, 15) is 14.9 Å². The van der Waals surface area contributed by atoms with Crippen molar-refractivity contribution in [2.24, 2.45) is 0 Å². The summed E-state index contributed by atoms with van der Waals surface area (Å²) in [5, 5.41) is 15.3. The topological polar surface area (TPSA) is 100 Å². The van der Waals surface area contributed by atoms with Crippen LogP contribution in [0.25, 0.3) is 6.08 Å². The normalized spacial score (nSPS) is 10.8. The molecule has 3 aromatic carbocycles. The van der Waals surface area contributed by atoms with Crippen LogP contribution >= 0.6 is 11.6 Å². The van der Waals surface area contributed by atoms with Crippen molar-refractivity contribution in [1.29, 1.82) is 5.26 Å². The van der Waals surface area contributed by atoms with Crippen LogP contribution in [-0.4, -0.2) is 25.5 Å². The van der Waals surface area contributed by atoms with Gasteiger partial charge in [-0.3, -0.25) is 9.59 Å². The largest absolute Gasteiger partial charge is 0.493 e. The Kier molecular flexibility index (Phi) is 8.71. The number of rotatable bonds is 8. The number of amides is 2. The number of ether oxygens (including phenoxy) is 2. The number of nitrogens with one attached hydrogen (secondary N) is 2. The molecular formula is C28H26ClN3O4. The van der Waals surface area contributed by atoms with E-state index in [4.69, 9.17) is 21.1 Å². The van der Waals surface area contributed by atoms with Crippen molar-refractivity contribution >= 4 is 40.9 Å². The molecule has 36 heavy (non-hydrogen) atoms. The van der Waals surface area contributed by atoms with Gasteiger partial charge in [-0.15, -0.1) is 0 Å². The van der Waals surface area contributed by atoms with E-state index in [-0.39, 0.29) is 34.6 Å². The number of anilines is 2. The number of hydrogen-bond donors (Lipinski definition) is 2. The predicted octanol–water partition coefficient (Wildman–Crippen LogP) is 5.84. The third kappa shape index (κ3) is 6.65. The van der Waals surface area contributed by atoms with Gasteiger partial charge in [0.15, 0.2) is 18.1 Å². The van der Waals surface area contributed by atoms with E-state index in [1.165, 1.54) is 19.3 Å². The van der Waals surface area contributed by atoms with Crippen LogP contribution in [0.3, 0.4) is 0 Å². The van der Waals surface area contributed by atoms with Crippen molar-refractivity contribution < 1.29 is 19.1 Å². The molecule has 3 aromatic rings. The highest BCUT2D eigenvalue weighted by molar-refractivity contribution is 6.32. The van der Waals surface area contributed by atoms with Crippen molar-refractivity contribution in [1.82, 2.24) is 0 Å². The molecule has 0 saturated carbocycles. The molecule has 0 aliphatic heterocycles. The smallest absolute Gasteiger partial charge is 0.266 e. The average molecular weight is 504 g/mol. The van der Waals surface area contributed by atoms with Gasteiger partial charge in [-0.1, -0.05) is 41.4 Å². The zero-order valence-electron chi connectivity index (χ0n) is 20.4. The summed E-state index contributed by atoms with van der Waals surface area (Å²) < 4.78 is 11.0. The Balaban J connectivity index is 1.75. The summed E-state index contributed by atoms with van der Waals surface area (Å²) in [5.41, 5.74) is 4.65. The van der Waals surface area contributed by atoms with Crippen molar-refractivity contribution in [3.8, 4) is 17.6 Å². The van der Waals surface area contributed by atoms with Gasteiger partial charge in [0.05, 0.1) is 12.1 Å². The van der Waals surface area contributed by atoms with E-state index in [1.54, 1.807) is 24.3 Å². The van der Waals surface area contributed by atoms with E-state index in [0.29, 0.717) is 16.9 Å². The summed E-state index contributed by atoms with van der Waals surface area (Å²) in [5.74, 6) is -0.483. The number of nitrogens with zero attached hydrogens (tertiary/aromatic N) is 1. The number of carbonyl (C=O) groups is 2. The Labute approximate surface area is 215 Å². The third-order valence-corrected chi connectivity index (χ3v) is 5.74. The van der Waals surface area contributed by atoms with E-state index in [2.05, 4.69) is 10.6 Å². The highest BCUT2D eigenvalue weighted by Crippen LogP contribution is 2.37. The first kappa shape index (κ1) is 26.3. The summed E-state index contributed by atoms with van der Waals surface area (Å²) in [6.45, 7) is 5.50. The number of nitriles is 1. The molecule has 2 N–H and O–H groups in total. The van der Waals surface area contributed by atoms with Gasteiger partial charge in [0, 0.05) is 11.4 Å². The fourth-order valence-electron chi connectivity index (χ4n) is 3.33. The summed E-state index contributed by atoms with van der Waals surface area (Å²) in [4.78, 5) is 25.0. The van der Waals surface area contributed by atoms with E-state index >= 15 is 0 Å². The van der Waals surface area contributed by atoms with Crippen LogP contribution in [0.4, 0.5) is 11.4 Å². The van der Waals surface area contributed by atoms with Crippen LogP contribution in [0.15, 0.2) is 60.2 Å². The summed E-state index contributed by atoms with van der Waals surface area (Å²) in [6, 6.07) is 17.9. The SMILES string of the molecule is COc1cc(/C=C(\C#N)C(=O)Nc2cccc(C)c2C)cc(Cl)c1OCC(=O)Nc1ccc(C)cc1. The molecule has 0 saturated heterocycles. The van der Waals surface area contributed by atoms with Crippen molar-refractivity contribution in [2.75, 3.05) is 24.4 Å². The monoisotopic (exact) mass is 503 g/mol. The van der Waals surface area contributed by atoms with Gasteiger partial charge in [-0.25, -0.2) is 0 Å². The molecule has 184 valence electrons. The molecule has 0 heterocycles. The lowest BCUT2D eigenvalue weighted by atomic mass is 10.1. The fourth-order valence-corrected chi connectivity index (χ4v) is 3.60. The van der Waals surface area contributed by atoms with Gasteiger partial charge in [-0.2, -0.15) is 5.26 Å². The number of aryl methyl sites for hydroxylation is 2. The molecule has 0 aliphatic rings. The lowest BCUT2D eigenvalue weighted by Gasteiger charge is -2.14. The molecule has 8 heteroatoms. The van der Waals surface area contributed by atoms with Crippen LogP contribution in [0.5, 0.6) is 11.5 Å². The zero-order valence-corrected chi connectivity index (χ0v) is 21.2. The van der Waals surface area contributed by atoms with Gasteiger partial charge in [0.25, 0.3) is 11.8 Å². The minimum atomic E-state index is -0.547. The minimum Gasteiger partial charge on any atom is -0.493 e. The highest BCUT2D eigenvalue weighted by atomic mass is 35.5. The van der Waals surface area contributed by atoms with Crippen molar-refractivity contribution in [3.05, 3.63) is 87.4 Å². The van der Waals surface area contributed by atoms with E-state index in [1.807, 2.05) is 51.1 Å². The minimum absolute atomic E-state index is 0.111. The fraction of sp³-hybridized carbons (Fsp3) is 0.179. The lowest BCUT2D eigenvalue weighted by Crippen LogP contribution is -2.20. The van der Waals surface area contributed by atoms with Crippen LogP contribution in [0, 0.1) is 32.1 Å². The first-order chi connectivity index (χ1) is 17.2. The Morgan fingerprint density at radius 1 is 1.06 bits per heavy atom. The number of benzene rings is 3. The summed E-state index contributed by atoms with van der Waals surface area (Å²) in [7, 11) is 1.43. The molecule has 0 unspecified atom stereocenters. The average Bonchev–Trinajstić information content (AvgIpc) is 2.85. The second-order valence-corrected chi connectivity index (χ2v) is 8.52. The van der Waals surface area contributed by atoms with E-state index < -0.39 is 5.91 Å². The highest BCUT2D eigenvalue weighted by Gasteiger charge is 2.16. The van der Waals surface area contributed by atoms with Gasteiger partial charge < -0.3 is 20.1 Å². The number of hydrogen-bond acceptors (Lipinski definition) is 5. The standard InChI is InChI=1S/C28H26ClN3O4/c1-17-8-10-22(11-9-17)31-26(33)16-36-27-23(29)13-20(14-25(27)35-4)12-21(15-30)28(34)32-24-7-5-6-18(2)19(24)3/h5-14H,16H2,1-4H3,(H,31,33)(H,32,34)/b21-12+. The molecule has 7 nitrogen and oxygen atoms in total. The quantitative estimate of drug-likeness (QED) is 0.297. The third-order valence-electron chi connectivity index (χ3n) is 5.46. The van der Waals surface area contributed by atoms with Crippen molar-refractivity contribution in [2.45, 2.75) is 20.8 Å². The van der Waals surface area contributed by atoms with Crippen LogP contribution in [-0.2, 0) is 9.59 Å². The summed E-state index contributed by atoms with van der Waals surface area (Å²) >= 11 is 6.40. The molecule has 0 spiro atoms. The van der Waals surface area contributed by atoms with Crippen molar-refractivity contribution in [3.63, 3.8) is 0 Å². The number of carbonyl (C=O) groups excluding carboxylic acids is 2. The first-order valence-corrected chi connectivity index (χ1v) is 11.5. The zero-order chi connectivity index (χ0) is 26.2. The molecule has 3 rings (SSSR count). The molecular weight excluding hydrogens is 478 g/mol. The van der Waals surface area contributed by atoms with Crippen LogP contribution < -0.4 is 20.1 Å². The molecule has 0 aliphatic carbocycles. The van der Waals surface area contributed by atoms with Gasteiger partial charge in [-0.05, 0) is 73.9 Å². The van der Waals surface area contributed by atoms with Gasteiger partial charge in [0.1, 0.15) is 11.6 Å². The summed E-state index contributed by atoms with van der Waals surface area (Å²) in [6.07, 6.45) is 1.41. The number of halogens is 1. The first-order valence-electron chi connectivity index (χ1n) is 11.1. The predicted molar refractivity (Wildman–Crippen MR) is 141 cm³/mol. The number of methoxy groups -OCH3 is 1. The molecule has 2 amide bonds. The van der Waals surface area contributed by atoms with E-state index in [0.717, 1.165) is 16.7 Å². The van der Waals surface area contributed by atoms with Gasteiger partial charge in [0.2, 0.25) is 0 Å². The molecule has 0 radical (unpaired) electrons. The Morgan fingerprint density at radius 2 is 1.78 bits per heavy atom. The maximum atomic E-state index is 12.7. The maximum Gasteiger partial charge on any atom is 0.266 e. The molecule has 0 fully saturated rings. The Morgan fingerprint density at radius 3 is 2.44 bits per heavy atom. The Bertz CT molecular complexity index is 1360. The molecule has 0 bridgehead atoms. The maximum absolute atomic E-state index is 12.7. The molecule has 0 aromatic heterocycles. The van der Waals surface area contributed by atoms with Gasteiger partial charge >= 0.3 is 0 Å². The lowest BCUT2D eigenvalue weighted by molar-refractivity contribution is -0.118.